The van der Waals surface area contributed by atoms with Gasteiger partial charge in [0.05, 0.1) is 18.8 Å². The SMILES string of the molecule is CC1CNCCN1C(C)C(=O)NCc1ccco1. The van der Waals surface area contributed by atoms with Crippen LogP contribution in [0.1, 0.15) is 19.6 Å². The fourth-order valence-corrected chi connectivity index (χ4v) is 2.32. The average molecular weight is 251 g/mol. The third kappa shape index (κ3) is 3.11. The zero-order valence-electron chi connectivity index (χ0n) is 11.0. The second-order valence-electron chi connectivity index (χ2n) is 4.76. The van der Waals surface area contributed by atoms with Crippen molar-refractivity contribution in [3.8, 4) is 0 Å². The molecular formula is C13H21N3O2. The summed E-state index contributed by atoms with van der Waals surface area (Å²) in [6.45, 7) is 7.35. The molecule has 1 aromatic heterocycles. The number of piperazine rings is 1. The highest BCUT2D eigenvalue weighted by Gasteiger charge is 2.27. The van der Waals surface area contributed by atoms with Crippen LogP contribution in [0.25, 0.3) is 0 Å². The van der Waals surface area contributed by atoms with E-state index < -0.39 is 0 Å². The van der Waals surface area contributed by atoms with Crippen molar-refractivity contribution in [2.24, 2.45) is 0 Å². The number of hydrogen-bond acceptors (Lipinski definition) is 4. The van der Waals surface area contributed by atoms with Crippen LogP contribution in [0.5, 0.6) is 0 Å². The van der Waals surface area contributed by atoms with E-state index >= 15 is 0 Å². The van der Waals surface area contributed by atoms with Crippen LogP contribution in [0.3, 0.4) is 0 Å². The lowest BCUT2D eigenvalue weighted by Crippen LogP contribution is -2.57. The maximum absolute atomic E-state index is 12.1. The first kappa shape index (κ1) is 13.1. The lowest BCUT2D eigenvalue weighted by Gasteiger charge is -2.37. The maximum Gasteiger partial charge on any atom is 0.237 e. The summed E-state index contributed by atoms with van der Waals surface area (Å²) in [7, 11) is 0. The summed E-state index contributed by atoms with van der Waals surface area (Å²) in [4.78, 5) is 14.3. The van der Waals surface area contributed by atoms with E-state index in [9.17, 15) is 4.79 Å². The highest BCUT2D eigenvalue weighted by atomic mass is 16.3. The zero-order chi connectivity index (χ0) is 13.0. The molecule has 1 aliphatic heterocycles. The van der Waals surface area contributed by atoms with Crippen LogP contribution in [-0.2, 0) is 11.3 Å². The van der Waals surface area contributed by atoms with E-state index in [4.69, 9.17) is 4.42 Å². The number of carbonyl (C=O) groups is 1. The van der Waals surface area contributed by atoms with Gasteiger partial charge in [0.25, 0.3) is 0 Å². The largest absolute Gasteiger partial charge is 0.467 e. The van der Waals surface area contributed by atoms with E-state index in [2.05, 4.69) is 22.5 Å². The van der Waals surface area contributed by atoms with E-state index in [1.165, 1.54) is 0 Å². The predicted octanol–water partition coefficient (Wildman–Crippen LogP) is 0.578. The van der Waals surface area contributed by atoms with Gasteiger partial charge in [0.1, 0.15) is 5.76 Å². The smallest absolute Gasteiger partial charge is 0.237 e. The fourth-order valence-electron chi connectivity index (χ4n) is 2.32. The van der Waals surface area contributed by atoms with Crippen molar-refractivity contribution >= 4 is 5.91 Å². The summed E-state index contributed by atoms with van der Waals surface area (Å²) in [6.07, 6.45) is 1.61. The van der Waals surface area contributed by atoms with Gasteiger partial charge in [0.2, 0.25) is 5.91 Å². The molecule has 0 saturated carbocycles. The lowest BCUT2D eigenvalue weighted by atomic mass is 10.1. The molecule has 0 aliphatic carbocycles. The quantitative estimate of drug-likeness (QED) is 0.822. The number of nitrogens with one attached hydrogen (secondary N) is 2. The first-order valence-corrected chi connectivity index (χ1v) is 6.45. The van der Waals surface area contributed by atoms with Crippen LogP contribution in [0.4, 0.5) is 0 Å². The van der Waals surface area contributed by atoms with Crippen molar-refractivity contribution in [1.82, 2.24) is 15.5 Å². The van der Waals surface area contributed by atoms with E-state index in [1.54, 1.807) is 6.26 Å². The summed E-state index contributed by atoms with van der Waals surface area (Å²) in [5, 5.41) is 6.23. The van der Waals surface area contributed by atoms with Gasteiger partial charge in [0.15, 0.2) is 0 Å². The molecule has 1 aromatic rings. The van der Waals surface area contributed by atoms with Gasteiger partial charge in [-0.1, -0.05) is 0 Å². The monoisotopic (exact) mass is 251 g/mol. The van der Waals surface area contributed by atoms with Gasteiger partial charge in [-0.2, -0.15) is 0 Å². The van der Waals surface area contributed by atoms with Gasteiger partial charge >= 0.3 is 0 Å². The molecule has 1 fully saturated rings. The van der Waals surface area contributed by atoms with Crippen molar-refractivity contribution in [3.05, 3.63) is 24.2 Å². The summed E-state index contributed by atoms with van der Waals surface area (Å²) < 4.78 is 5.19. The van der Waals surface area contributed by atoms with Gasteiger partial charge < -0.3 is 15.1 Å². The van der Waals surface area contributed by atoms with Crippen LogP contribution in [0, 0.1) is 0 Å². The topological polar surface area (TPSA) is 57.5 Å². The number of rotatable bonds is 4. The Bertz CT molecular complexity index is 378. The molecule has 2 atom stereocenters. The van der Waals surface area contributed by atoms with Crippen molar-refractivity contribution in [1.29, 1.82) is 0 Å². The van der Waals surface area contributed by atoms with Gasteiger partial charge in [-0.3, -0.25) is 9.69 Å². The molecule has 0 radical (unpaired) electrons. The standard InChI is InChI=1S/C13H21N3O2/c1-10-8-14-5-6-16(10)11(2)13(17)15-9-12-4-3-7-18-12/h3-4,7,10-11,14H,5-6,8-9H2,1-2H3,(H,15,17). The average Bonchev–Trinajstić information content (AvgIpc) is 2.89. The second-order valence-corrected chi connectivity index (χ2v) is 4.76. The maximum atomic E-state index is 12.1. The normalized spacial score (nSPS) is 22.7. The third-order valence-electron chi connectivity index (χ3n) is 3.45. The Morgan fingerprint density at radius 1 is 1.72 bits per heavy atom. The number of nitrogens with zero attached hydrogens (tertiary/aromatic N) is 1. The molecule has 2 N–H and O–H groups in total. The van der Waals surface area contributed by atoms with Crippen LogP contribution < -0.4 is 10.6 Å². The molecule has 1 saturated heterocycles. The van der Waals surface area contributed by atoms with E-state index in [-0.39, 0.29) is 11.9 Å². The third-order valence-corrected chi connectivity index (χ3v) is 3.45. The van der Waals surface area contributed by atoms with Gasteiger partial charge in [-0.25, -0.2) is 0 Å². The van der Waals surface area contributed by atoms with Crippen molar-refractivity contribution in [3.63, 3.8) is 0 Å². The molecule has 5 heteroatoms. The van der Waals surface area contributed by atoms with Crippen molar-refractivity contribution < 1.29 is 9.21 Å². The molecule has 1 aliphatic rings. The van der Waals surface area contributed by atoms with E-state index in [0.29, 0.717) is 12.6 Å². The van der Waals surface area contributed by atoms with Crippen LogP contribution >= 0.6 is 0 Å². The Morgan fingerprint density at radius 2 is 2.56 bits per heavy atom. The summed E-state index contributed by atoms with van der Waals surface area (Å²) in [5.41, 5.74) is 0. The van der Waals surface area contributed by atoms with Crippen LogP contribution in [-0.4, -0.2) is 42.5 Å². The molecular weight excluding hydrogens is 230 g/mol. The first-order valence-electron chi connectivity index (χ1n) is 6.45. The molecule has 5 nitrogen and oxygen atoms in total. The Morgan fingerprint density at radius 3 is 3.22 bits per heavy atom. The molecule has 0 aromatic carbocycles. The Hall–Kier alpha value is -1.33. The molecule has 1 amide bonds. The highest BCUT2D eigenvalue weighted by Crippen LogP contribution is 2.08. The highest BCUT2D eigenvalue weighted by molar-refractivity contribution is 5.81. The van der Waals surface area contributed by atoms with E-state index in [0.717, 1.165) is 25.4 Å². The van der Waals surface area contributed by atoms with Gasteiger partial charge in [0, 0.05) is 25.7 Å². The summed E-state index contributed by atoms with van der Waals surface area (Å²) in [5.74, 6) is 0.837. The molecule has 2 unspecified atom stereocenters. The molecule has 2 heterocycles. The lowest BCUT2D eigenvalue weighted by molar-refractivity contribution is -0.127. The number of amides is 1. The molecule has 18 heavy (non-hydrogen) atoms. The molecule has 0 bridgehead atoms. The van der Waals surface area contributed by atoms with Crippen molar-refractivity contribution in [2.45, 2.75) is 32.5 Å². The molecule has 0 spiro atoms. The number of carbonyl (C=O) groups excluding carboxylic acids is 1. The number of furan rings is 1. The Labute approximate surface area is 108 Å². The second kappa shape index (κ2) is 6.02. The van der Waals surface area contributed by atoms with Gasteiger partial charge in [-0.05, 0) is 26.0 Å². The van der Waals surface area contributed by atoms with E-state index in [1.807, 2.05) is 19.1 Å². The van der Waals surface area contributed by atoms with Crippen LogP contribution in [0.15, 0.2) is 22.8 Å². The Kier molecular flexibility index (Phi) is 4.38. The summed E-state index contributed by atoms with van der Waals surface area (Å²) in [6, 6.07) is 3.97. The van der Waals surface area contributed by atoms with Crippen molar-refractivity contribution in [2.75, 3.05) is 19.6 Å². The molecule has 100 valence electrons. The zero-order valence-corrected chi connectivity index (χ0v) is 11.0. The minimum absolute atomic E-state index is 0.0557. The first-order chi connectivity index (χ1) is 8.68. The minimum Gasteiger partial charge on any atom is -0.467 e. The minimum atomic E-state index is -0.0999. The predicted molar refractivity (Wildman–Crippen MR) is 69.1 cm³/mol. The number of hydrogen-bond donors (Lipinski definition) is 2. The molecule has 2 rings (SSSR count). The Balaban J connectivity index is 1.84. The van der Waals surface area contributed by atoms with Crippen LogP contribution in [0.2, 0.25) is 0 Å². The van der Waals surface area contributed by atoms with Gasteiger partial charge in [-0.15, -0.1) is 0 Å². The fraction of sp³-hybridized carbons (Fsp3) is 0.615. The summed E-state index contributed by atoms with van der Waals surface area (Å²) >= 11 is 0.